The molecule has 0 spiro atoms. The molecule has 210 valence electrons. The second kappa shape index (κ2) is 9.42. The molecule has 4 rings (SSSR count). The summed E-state index contributed by atoms with van der Waals surface area (Å²) in [4.78, 5) is 14.3. The maximum absolute atomic E-state index is 14.4. The summed E-state index contributed by atoms with van der Waals surface area (Å²) in [5.41, 5.74) is -10.7. The summed E-state index contributed by atoms with van der Waals surface area (Å²) < 4.78 is 135. The topological polar surface area (TPSA) is 38.1 Å². The summed E-state index contributed by atoms with van der Waals surface area (Å²) in [6.45, 7) is 0. The Labute approximate surface area is 218 Å². The Kier molecular flexibility index (Phi) is 6.93. The summed E-state index contributed by atoms with van der Waals surface area (Å²) in [5, 5.41) is 3.86. The molecule has 3 aromatic rings. The molecule has 1 aliphatic carbocycles. The molecule has 1 heterocycles. The van der Waals surface area contributed by atoms with Crippen molar-refractivity contribution in [3.05, 3.63) is 70.5 Å². The smallest absolute Gasteiger partial charge is 0.339 e. The number of alkyl halides is 10. The molecule has 1 amide bonds. The van der Waals surface area contributed by atoms with Crippen LogP contribution in [0.4, 0.5) is 43.9 Å². The first-order valence-electron chi connectivity index (χ1n) is 11.0. The maximum Gasteiger partial charge on any atom is 0.435 e. The van der Waals surface area contributed by atoms with Crippen molar-refractivity contribution in [3.63, 3.8) is 0 Å². The van der Waals surface area contributed by atoms with Crippen LogP contribution in [-0.4, -0.2) is 46.0 Å². The van der Waals surface area contributed by atoms with Crippen LogP contribution in [0.5, 0.6) is 0 Å². The summed E-state index contributed by atoms with van der Waals surface area (Å²) in [6, 6.07) is 3.96. The van der Waals surface area contributed by atoms with E-state index in [9.17, 15) is 48.7 Å². The van der Waals surface area contributed by atoms with Crippen LogP contribution < -0.4 is 0 Å². The molecule has 0 atom stereocenters. The van der Waals surface area contributed by atoms with E-state index in [2.05, 4.69) is 5.10 Å². The van der Waals surface area contributed by atoms with Gasteiger partial charge in [-0.3, -0.25) is 4.79 Å². The van der Waals surface area contributed by atoms with Crippen molar-refractivity contribution in [2.24, 2.45) is 0 Å². The average molecular weight is 588 g/mol. The van der Waals surface area contributed by atoms with E-state index < -0.39 is 53.0 Å². The number of amides is 1. The Balaban J connectivity index is 1.77. The largest absolute Gasteiger partial charge is 0.435 e. The number of nitrogens with zero attached hydrogens (tertiary/aromatic N) is 3. The van der Waals surface area contributed by atoms with Crippen LogP contribution in [0, 0.1) is 0 Å². The molecule has 1 aliphatic rings. The van der Waals surface area contributed by atoms with Crippen LogP contribution >= 0.6 is 11.6 Å². The second-order valence-corrected chi connectivity index (χ2v) is 9.31. The lowest BCUT2D eigenvalue weighted by molar-refractivity contribution is -0.348. The average Bonchev–Trinajstić information content (AvgIpc) is 3.57. The number of carbonyl (C=O) groups excluding carboxylic acids is 1. The van der Waals surface area contributed by atoms with Crippen LogP contribution in [-0.2, 0) is 11.8 Å². The second-order valence-electron chi connectivity index (χ2n) is 8.90. The van der Waals surface area contributed by atoms with Crippen LogP contribution in [0.15, 0.2) is 48.8 Å². The van der Waals surface area contributed by atoms with Gasteiger partial charge in [0, 0.05) is 30.4 Å². The molecule has 0 radical (unpaired) electrons. The van der Waals surface area contributed by atoms with Crippen molar-refractivity contribution in [1.29, 1.82) is 0 Å². The zero-order valence-corrected chi connectivity index (χ0v) is 20.3. The van der Waals surface area contributed by atoms with Gasteiger partial charge in [-0.2, -0.15) is 44.6 Å². The van der Waals surface area contributed by atoms with Gasteiger partial charge < -0.3 is 4.90 Å². The van der Waals surface area contributed by atoms with E-state index in [1.807, 2.05) is 0 Å². The number of hydrogen-bond acceptors (Lipinski definition) is 2. The molecule has 1 fully saturated rings. The van der Waals surface area contributed by atoms with Gasteiger partial charge in [0.15, 0.2) is 0 Å². The van der Waals surface area contributed by atoms with Gasteiger partial charge in [-0.05, 0) is 42.7 Å². The number of benzene rings is 2. The zero-order chi connectivity index (χ0) is 29.1. The molecule has 0 aliphatic heterocycles. The number of aromatic nitrogens is 2. The van der Waals surface area contributed by atoms with E-state index in [1.165, 1.54) is 23.1 Å². The van der Waals surface area contributed by atoms with Gasteiger partial charge in [0.1, 0.15) is 0 Å². The fraction of sp³-hybridized carbons (Fsp3) is 0.333. The van der Waals surface area contributed by atoms with E-state index in [-0.39, 0.29) is 34.3 Å². The Hall–Kier alpha value is -3.29. The first kappa shape index (κ1) is 28.7. The first-order chi connectivity index (χ1) is 17.9. The summed E-state index contributed by atoms with van der Waals surface area (Å²) in [5.74, 6) is -0.393. The number of halogens is 11. The van der Waals surface area contributed by atoms with Crippen molar-refractivity contribution < 1.29 is 48.7 Å². The van der Waals surface area contributed by atoms with Gasteiger partial charge in [-0.15, -0.1) is 0 Å². The number of rotatable bonds is 5. The fourth-order valence-electron chi connectivity index (χ4n) is 3.96. The summed E-state index contributed by atoms with van der Waals surface area (Å²) >= 11 is 6.15. The van der Waals surface area contributed by atoms with Crippen LogP contribution in [0.1, 0.15) is 34.3 Å². The van der Waals surface area contributed by atoms with E-state index in [4.69, 9.17) is 11.6 Å². The fourth-order valence-corrected chi connectivity index (χ4v) is 4.15. The molecule has 0 unspecified atom stereocenters. The van der Waals surface area contributed by atoms with Crippen molar-refractivity contribution in [2.45, 2.75) is 43.1 Å². The van der Waals surface area contributed by atoms with E-state index in [1.54, 1.807) is 7.05 Å². The standard InChI is InChI=1S/C24H16ClF10N3O/c1-37(15-4-5-15)20(39)16-8-12(2-6-18(16)25)13-10-36-38(11-13)19-7-3-14(9-17(19)22(27,28)29)21(26,23(30,31)32)24(33,34)35/h2-3,6-11,15H,4-5H2,1H3. The van der Waals surface area contributed by atoms with Crippen molar-refractivity contribution in [3.8, 4) is 16.8 Å². The molecule has 39 heavy (non-hydrogen) atoms. The summed E-state index contributed by atoms with van der Waals surface area (Å²) in [6.07, 6.45) is -14.9. The lowest BCUT2D eigenvalue weighted by Crippen LogP contribution is -2.50. The normalized spacial score (nSPS) is 15.0. The van der Waals surface area contributed by atoms with Gasteiger partial charge in [-0.1, -0.05) is 23.7 Å². The minimum absolute atomic E-state index is 0.0281. The summed E-state index contributed by atoms with van der Waals surface area (Å²) in [7, 11) is 1.59. The predicted octanol–water partition coefficient (Wildman–Crippen LogP) is 7.74. The Morgan fingerprint density at radius 3 is 2.08 bits per heavy atom. The predicted molar refractivity (Wildman–Crippen MR) is 119 cm³/mol. The molecule has 0 N–H and O–H groups in total. The molecule has 0 bridgehead atoms. The molecule has 0 saturated heterocycles. The number of hydrogen-bond donors (Lipinski definition) is 0. The zero-order valence-electron chi connectivity index (χ0n) is 19.5. The third kappa shape index (κ3) is 5.18. The molecule has 2 aromatic carbocycles. The highest BCUT2D eigenvalue weighted by molar-refractivity contribution is 6.34. The van der Waals surface area contributed by atoms with Crippen molar-refractivity contribution in [1.82, 2.24) is 14.7 Å². The molecular formula is C24H16ClF10N3O. The first-order valence-corrected chi connectivity index (χ1v) is 11.4. The maximum atomic E-state index is 14.4. The van der Waals surface area contributed by atoms with Crippen molar-refractivity contribution in [2.75, 3.05) is 7.05 Å². The molecular weight excluding hydrogens is 572 g/mol. The van der Waals surface area contributed by atoms with Gasteiger partial charge in [0.2, 0.25) is 0 Å². The quantitative estimate of drug-likeness (QED) is 0.287. The Bertz CT molecular complexity index is 1390. The van der Waals surface area contributed by atoms with E-state index >= 15 is 0 Å². The van der Waals surface area contributed by atoms with Gasteiger partial charge >= 0.3 is 24.2 Å². The van der Waals surface area contributed by atoms with Crippen LogP contribution in [0.25, 0.3) is 16.8 Å². The highest BCUT2D eigenvalue weighted by Crippen LogP contribution is 2.54. The van der Waals surface area contributed by atoms with Crippen LogP contribution in [0.3, 0.4) is 0 Å². The van der Waals surface area contributed by atoms with E-state index in [0.29, 0.717) is 10.2 Å². The van der Waals surface area contributed by atoms with Gasteiger partial charge in [0.05, 0.1) is 28.0 Å². The highest BCUT2D eigenvalue weighted by atomic mass is 35.5. The molecule has 4 nitrogen and oxygen atoms in total. The van der Waals surface area contributed by atoms with Crippen molar-refractivity contribution >= 4 is 17.5 Å². The number of carbonyl (C=O) groups is 1. The third-order valence-corrected chi connectivity index (χ3v) is 6.59. The minimum Gasteiger partial charge on any atom is -0.339 e. The highest BCUT2D eigenvalue weighted by Gasteiger charge is 2.73. The lowest BCUT2D eigenvalue weighted by Gasteiger charge is -2.31. The van der Waals surface area contributed by atoms with Gasteiger partial charge in [-0.25, -0.2) is 9.07 Å². The van der Waals surface area contributed by atoms with E-state index in [0.717, 1.165) is 25.2 Å². The lowest BCUT2D eigenvalue weighted by atomic mass is 9.92. The SMILES string of the molecule is CN(C(=O)c1cc(-c2cnn(-c3ccc(C(F)(C(F)(F)F)C(F)(F)F)cc3C(F)(F)F)c2)ccc1Cl)C1CC1. The minimum atomic E-state index is -6.59. The third-order valence-electron chi connectivity index (χ3n) is 6.26. The Morgan fingerprint density at radius 1 is 0.923 bits per heavy atom. The molecule has 1 saturated carbocycles. The van der Waals surface area contributed by atoms with Crippen LogP contribution in [0.2, 0.25) is 5.02 Å². The van der Waals surface area contributed by atoms with Gasteiger partial charge in [0.25, 0.3) is 5.91 Å². The monoisotopic (exact) mass is 587 g/mol. The Morgan fingerprint density at radius 2 is 1.54 bits per heavy atom. The molecule has 15 heteroatoms. The molecule has 1 aromatic heterocycles.